The number of likely N-dealkylation sites (tertiary alicyclic amines) is 1. The number of hydrogen-bond acceptors (Lipinski definition) is 3. The second-order valence-corrected chi connectivity index (χ2v) is 4.86. The van der Waals surface area contributed by atoms with E-state index in [1.54, 1.807) is 0 Å². The minimum Gasteiger partial charge on any atom is -0.396 e. The molecule has 0 unspecified atom stereocenters. The second-order valence-electron chi connectivity index (χ2n) is 4.86. The lowest BCUT2D eigenvalue weighted by Gasteiger charge is -2.28. The van der Waals surface area contributed by atoms with Gasteiger partial charge in [-0.15, -0.1) is 0 Å². The highest BCUT2D eigenvalue weighted by Gasteiger charge is 2.33. The number of carbonyl (C=O) groups is 2. The van der Waals surface area contributed by atoms with Gasteiger partial charge in [-0.2, -0.15) is 0 Å². The number of imide groups is 1. The maximum Gasteiger partial charge on any atom is 0.229 e. The van der Waals surface area contributed by atoms with Crippen LogP contribution in [0.25, 0.3) is 0 Å². The zero-order valence-electron chi connectivity index (χ0n) is 9.45. The summed E-state index contributed by atoms with van der Waals surface area (Å²) >= 11 is 0. The minimum atomic E-state index is -0.0988. The minimum absolute atomic E-state index is 0.0583. The van der Waals surface area contributed by atoms with E-state index in [1.807, 2.05) is 13.8 Å². The Morgan fingerprint density at radius 2 is 1.80 bits per heavy atom. The number of amides is 2. The molecule has 0 radical (unpaired) electrons. The summed E-state index contributed by atoms with van der Waals surface area (Å²) in [5, 5.41) is 8.75. The molecule has 86 valence electrons. The van der Waals surface area contributed by atoms with Crippen LogP contribution in [-0.4, -0.2) is 35.0 Å². The SMILES string of the molecule is CC(C)(CCCO)CN1C(=O)CCC1=O. The lowest BCUT2D eigenvalue weighted by Crippen LogP contribution is -2.38. The normalized spacial score (nSPS) is 17.7. The Kier molecular flexibility index (Phi) is 3.85. The van der Waals surface area contributed by atoms with Crippen molar-refractivity contribution in [2.75, 3.05) is 13.2 Å². The zero-order valence-corrected chi connectivity index (χ0v) is 9.45. The molecule has 1 N–H and O–H groups in total. The number of carbonyl (C=O) groups excluding carboxylic acids is 2. The maximum atomic E-state index is 11.4. The predicted molar refractivity (Wildman–Crippen MR) is 56.1 cm³/mol. The van der Waals surface area contributed by atoms with Gasteiger partial charge >= 0.3 is 0 Å². The van der Waals surface area contributed by atoms with E-state index in [0.717, 1.165) is 6.42 Å². The van der Waals surface area contributed by atoms with E-state index in [9.17, 15) is 9.59 Å². The van der Waals surface area contributed by atoms with E-state index in [4.69, 9.17) is 5.11 Å². The zero-order chi connectivity index (χ0) is 11.5. The highest BCUT2D eigenvalue weighted by Crippen LogP contribution is 2.26. The van der Waals surface area contributed by atoms with Crippen LogP contribution in [0.15, 0.2) is 0 Å². The Morgan fingerprint density at radius 3 is 2.27 bits per heavy atom. The topological polar surface area (TPSA) is 57.6 Å². The monoisotopic (exact) mass is 213 g/mol. The number of nitrogens with zero attached hydrogens (tertiary/aromatic N) is 1. The van der Waals surface area contributed by atoms with E-state index < -0.39 is 0 Å². The molecule has 0 spiro atoms. The summed E-state index contributed by atoms with van der Waals surface area (Å²) in [5.74, 6) is -0.117. The molecule has 0 saturated carbocycles. The van der Waals surface area contributed by atoms with E-state index in [0.29, 0.717) is 25.8 Å². The number of aliphatic hydroxyl groups excluding tert-OH is 1. The van der Waals surface area contributed by atoms with Crippen LogP contribution >= 0.6 is 0 Å². The molecule has 1 aliphatic heterocycles. The van der Waals surface area contributed by atoms with Crippen LogP contribution in [-0.2, 0) is 9.59 Å². The van der Waals surface area contributed by atoms with Crippen molar-refractivity contribution in [3.05, 3.63) is 0 Å². The summed E-state index contributed by atoms with van der Waals surface area (Å²) in [6.07, 6.45) is 2.24. The molecule has 1 rings (SSSR count). The largest absolute Gasteiger partial charge is 0.396 e. The standard InChI is InChI=1S/C11H19NO3/c1-11(2,6-3-7-13)8-12-9(14)4-5-10(12)15/h13H,3-8H2,1-2H3. The van der Waals surface area contributed by atoms with Gasteiger partial charge in [-0.3, -0.25) is 14.5 Å². The first kappa shape index (κ1) is 12.2. The van der Waals surface area contributed by atoms with Crippen LogP contribution < -0.4 is 0 Å². The van der Waals surface area contributed by atoms with Gasteiger partial charge < -0.3 is 5.11 Å². The third-order valence-electron chi connectivity index (χ3n) is 2.75. The second kappa shape index (κ2) is 4.75. The third-order valence-corrected chi connectivity index (χ3v) is 2.75. The molecule has 2 amide bonds. The van der Waals surface area contributed by atoms with Gasteiger partial charge in [-0.25, -0.2) is 0 Å². The Bertz CT molecular complexity index is 245. The average Bonchev–Trinajstić information content (AvgIpc) is 2.46. The first-order valence-corrected chi connectivity index (χ1v) is 5.40. The summed E-state index contributed by atoms with van der Waals surface area (Å²) in [5.41, 5.74) is -0.0988. The Balaban J connectivity index is 2.52. The van der Waals surface area contributed by atoms with Crippen LogP contribution in [0, 0.1) is 5.41 Å². The smallest absolute Gasteiger partial charge is 0.229 e. The van der Waals surface area contributed by atoms with Crippen molar-refractivity contribution in [1.29, 1.82) is 0 Å². The molecule has 4 heteroatoms. The van der Waals surface area contributed by atoms with Crippen LogP contribution in [0.5, 0.6) is 0 Å². The fourth-order valence-corrected chi connectivity index (χ4v) is 1.86. The van der Waals surface area contributed by atoms with Crippen molar-refractivity contribution in [2.24, 2.45) is 5.41 Å². The molecule has 0 bridgehead atoms. The molecular formula is C11H19NO3. The summed E-state index contributed by atoms with van der Waals surface area (Å²) in [6.45, 7) is 4.67. The molecular weight excluding hydrogens is 194 g/mol. The molecule has 1 fully saturated rings. The molecule has 0 aliphatic carbocycles. The van der Waals surface area contributed by atoms with Gasteiger partial charge in [0.05, 0.1) is 0 Å². The summed E-state index contributed by atoms with van der Waals surface area (Å²) < 4.78 is 0. The Labute approximate surface area is 90.3 Å². The third kappa shape index (κ3) is 3.30. The van der Waals surface area contributed by atoms with Gasteiger partial charge in [-0.1, -0.05) is 13.8 Å². The number of aliphatic hydroxyl groups is 1. The molecule has 1 heterocycles. The van der Waals surface area contributed by atoms with Crippen molar-refractivity contribution in [3.63, 3.8) is 0 Å². The van der Waals surface area contributed by atoms with E-state index in [-0.39, 0.29) is 23.8 Å². The first-order valence-electron chi connectivity index (χ1n) is 5.40. The summed E-state index contributed by atoms with van der Waals surface area (Å²) in [7, 11) is 0. The van der Waals surface area contributed by atoms with Crippen molar-refractivity contribution in [1.82, 2.24) is 4.90 Å². The fourth-order valence-electron chi connectivity index (χ4n) is 1.86. The molecule has 4 nitrogen and oxygen atoms in total. The molecule has 1 saturated heterocycles. The van der Waals surface area contributed by atoms with Gasteiger partial charge in [0.15, 0.2) is 0 Å². The fraction of sp³-hybridized carbons (Fsp3) is 0.818. The number of hydrogen-bond donors (Lipinski definition) is 1. The van der Waals surface area contributed by atoms with E-state index in [2.05, 4.69) is 0 Å². The van der Waals surface area contributed by atoms with Crippen LogP contribution in [0.2, 0.25) is 0 Å². The quantitative estimate of drug-likeness (QED) is 0.691. The Morgan fingerprint density at radius 1 is 1.27 bits per heavy atom. The molecule has 1 aliphatic rings. The van der Waals surface area contributed by atoms with Crippen LogP contribution in [0.1, 0.15) is 39.5 Å². The van der Waals surface area contributed by atoms with Gasteiger partial charge in [0.2, 0.25) is 11.8 Å². The number of rotatable bonds is 5. The van der Waals surface area contributed by atoms with Crippen molar-refractivity contribution in [3.8, 4) is 0 Å². The molecule has 0 aromatic rings. The van der Waals surface area contributed by atoms with Gasteiger partial charge in [0, 0.05) is 26.0 Å². The maximum absolute atomic E-state index is 11.4. The van der Waals surface area contributed by atoms with Crippen molar-refractivity contribution in [2.45, 2.75) is 39.5 Å². The lowest BCUT2D eigenvalue weighted by molar-refractivity contribution is -0.140. The molecule has 0 aromatic heterocycles. The van der Waals surface area contributed by atoms with E-state index in [1.165, 1.54) is 4.90 Å². The highest BCUT2D eigenvalue weighted by atomic mass is 16.3. The van der Waals surface area contributed by atoms with Gasteiger partial charge in [-0.05, 0) is 18.3 Å². The molecule has 0 atom stereocenters. The summed E-state index contributed by atoms with van der Waals surface area (Å²) in [4.78, 5) is 24.1. The van der Waals surface area contributed by atoms with Crippen molar-refractivity contribution < 1.29 is 14.7 Å². The lowest BCUT2D eigenvalue weighted by atomic mass is 9.87. The van der Waals surface area contributed by atoms with Crippen LogP contribution in [0.3, 0.4) is 0 Å². The highest BCUT2D eigenvalue weighted by molar-refractivity contribution is 6.01. The molecule has 15 heavy (non-hydrogen) atoms. The first-order chi connectivity index (χ1) is 6.96. The Hall–Kier alpha value is -0.900. The van der Waals surface area contributed by atoms with Crippen molar-refractivity contribution >= 4 is 11.8 Å². The van der Waals surface area contributed by atoms with Gasteiger partial charge in [0.25, 0.3) is 0 Å². The summed E-state index contributed by atoms with van der Waals surface area (Å²) in [6, 6.07) is 0. The average molecular weight is 213 g/mol. The van der Waals surface area contributed by atoms with Gasteiger partial charge in [0.1, 0.15) is 0 Å². The predicted octanol–water partition coefficient (Wildman–Crippen LogP) is 0.934. The van der Waals surface area contributed by atoms with E-state index >= 15 is 0 Å². The molecule has 0 aromatic carbocycles. The van der Waals surface area contributed by atoms with Crippen LogP contribution in [0.4, 0.5) is 0 Å².